The Morgan fingerprint density at radius 1 is 1.17 bits per heavy atom. The Hall–Kier alpha value is 1.34. The first-order valence-electron chi connectivity index (χ1n) is 1.35. The fourth-order valence-electron chi connectivity index (χ4n) is 0.146. The van der Waals surface area contributed by atoms with E-state index in [0.29, 0.717) is 2.06 Å². The molecule has 0 aromatic carbocycles. The van der Waals surface area contributed by atoms with E-state index in [-0.39, 0.29) is 0 Å². The summed E-state index contributed by atoms with van der Waals surface area (Å²) in [4.78, 5) is 0. The van der Waals surface area contributed by atoms with Crippen LogP contribution in [0.2, 0.25) is 0 Å². The van der Waals surface area contributed by atoms with Gasteiger partial charge in [0.1, 0.15) is 0 Å². The van der Waals surface area contributed by atoms with E-state index in [0.717, 1.165) is 0 Å². The van der Waals surface area contributed by atoms with Crippen LogP contribution in [-0.4, -0.2) is 2.06 Å². The third-order valence-corrected chi connectivity index (χ3v) is 19.7. The summed E-state index contributed by atoms with van der Waals surface area (Å²) in [6.07, 6.45) is 0. The van der Waals surface area contributed by atoms with Gasteiger partial charge in [-0.1, -0.05) is 0 Å². The second-order valence-electron chi connectivity index (χ2n) is 0.916. The fourth-order valence-corrected chi connectivity index (χ4v) is 15.8. The summed E-state index contributed by atoms with van der Waals surface area (Å²) in [6.45, 7) is 0. The first-order valence-corrected chi connectivity index (χ1v) is 12.6. The summed E-state index contributed by atoms with van der Waals surface area (Å²) < 4.78 is 11.4. The van der Waals surface area contributed by atoms with Crippen molar-refractivity contribution in [3.63, 3.8) is 0 Å². The van der Waals surface area contributed by atoms with Gasteiger partial charge >= 0.3 is 47.9 Å². The minimum absolute atomic E-state index is 0.387. The molecule has 1 aliphatic heterocycles. The van der Waals surface area contributed by atoms with E-state index in [1.165, 1.54) is 0 Å². The Morgan fingerprint density at radius 2 is 1.33 bits per heavy atom. The van der Waals surface area contributed by atoms with Crippen LogP contribution >= 0.6 is 32.2 Å². The third kappa shape index (κ3) is 0.782. The molecule has 0 aromatic rings. The van der Waals surface area contributed by atoms with Gasteiger partial charge in [-0.15, -0.1) is 0 Å². The van der Waals surface area contributed by atoms with Gasteiger partial charge in [0, 0.05) is 0 Å². The normalized spacial score (nSPS) is 34.5. The van der Waals surface area contributed by atoms with Crippen molar-refractivity contribution in [3.8, 4) is 0 Å². The van der Waals surface area contributed by atoms with E-state index in [4.69, 9.17) is 13.6 Å². The Kier molecular flexibility index (Phi) is 1.54. The molecule has 0 bridgehead atoms. The molecular formula is CH7I2N3. The summed E-state index contributed by atoms with van der Waals surface area (Å²) in [5.74, 6) is 0. The number of hydrogen-bond acceptors (Lipinski definition) is 3. The van der Waals surface area contributed by atoms with E-state index in [1.807, 2.05) is 0 Å². The van der Waals surface area contributed by atoms with Gasteiger partial charge in [0.05, 0.1) is 0 Å². The van der Waals surface area contributed by atoms with E-state index >= 15 is 0 Å². The van der Waals surface area contributed by atoms with Crippen molar-refractivity contribution in [1.82, 2.24) is 0 Å². The van der Waals surface area contributed by atoms with Crippen molar-refractivity contribution in [2.24, 2.45) is 13.6 Å². The van der Waals surface area contributed by atoms with E-state index in [9.17, 15) is 0 Å². The molecule has 6 N–H and O–H groups in total. The predicted molar refractivity (Wildman–Crippen MR) is 44.4 cm³/mol. The van der Waals surface area contributed by atoms with Crippen LogP contribution in [0.3, 0.4) is 0 Å². The molecule has 3 nitrogen and oxygen atoms in total. The molecular weight excluding hydrogens is 308 g/mol. The quantitative estimate of drug-likeness (QED) is 0.253. The first kappa shape index (κ1) is 5.48. The number of rotatable bonds is 0. The summed E-state index contributed by atoms with van der Waals surface area (Å²) >= 11 is -2.01. The minimum atomic E-state index is -1.01. The SMILES string of the molecule is NC1I(N)I1N. The van der Waals surface area contributed by atoms with Crippen LogP contribution in [0.15, 0.2) is 0 Å². The summed E-state index contributed by atoms with van der Waals surface area (Å²) in [6, 6.07) is 0. The van der Waals surface area contributed by atoms with E-state index in [2.05, 4.69) is 0 Å². The average molecular weight is 315 g/mol. The number of nitrogens with two attached hydrogens (primary N) is 3. The van der Waals surface area contributed by atoms with Gasteiger partial charge in [-0.3, -0.25) is 0 Å². The van der Waals surface area contributed by atoms with Crippen LogP contribution in [0.1, 0.15) is 0 Å². The molecule has 0 aromatic heterocycles. The van der Waals surface area contributed by atoms with Crippen LogP contribution in [0.25, 0.3) is 0 Å². The molecule has 0 radical (unpaired) electrons. The predicted octanol–water partition coefficient (Wildman–Crippen LogP) is -0.0825. The van der Waals surface area contributed by atoms with Gasteiger partial charge in [0.2, 0.25) is 0 Å². The topological polar surface area (TPSA) is 78.1 Å². The zero-order valence-corrected chi connectivity index (χ0v) is 7.38. The molecule has 0 atom stereocenters. The number of hydrogen-bond donors (Lipinski definition) is 3. The van der Waals surface area contributed by atoms with Crippen LogP contribution in [0.5, 0.6) is 0 Å². The molecule has 1 saturated heterocycles. The first-order chi connectivity index (χ1) is 2.73. The van der Waals surface area contributed by atoms with Gasteiger partial charge < -0.3 is 0 Å². The second kappa shape index (κ2) is 1.69. The van der Waals surface area contributed by atoms with Gasteiger partial charge in [0.25, 0.3) is 0 Å². The fraction of sp³-hybridized carbons (Fsp3) is 1.00. The molecule has 5 heteroatoms. The number of alkyl halides is 2. The molecule has 0 amide bonds. The summed E-state index contributed by atoms with van der Waals surface area (Å²) in [5.41, 5.74) is 5.40. The molecule has 0 unspecified atom stereocenters. The van der Waals surface area contributed by atoms with Crippen molar-refractivity contribution in [2.75, 3.05) is 0 Å². The van der Waals surface area contributed by atoms with Crippen molar-refractivity contribution in [3.05, 3.63) is 0 Å². The van der Waals surface area contributed by atoms with Gasteiger partial charge in [-0.25, -0.2) is 0 Å². The van der Waals surface area contributed by atoms with Crippen molar-refractivity contribution >= 4 is 32.2 Å². The van der Waals surface area contributed by atoms with Crippen molar-refractivity contribution < 1.29 is 0 Å². The molecule has 6 heavy (non-hydrogen) atoms. The van der Waals surface area contributed by atoms with Gasteiger partial charge in [0.15, 0.2) is 0 Å². The maximum atomic E-state index is 5.49. The molecule has 1 aliphatic rings. The molecule has 1 rings (SSSR count). The molecule has 40 valence electrons. The molecule has 1 heterocycles. The Balaban J connectivity index is 2.31. The van der Waals surface area contributed by atoms with Gasteiger partial charge in [-0.2, -0.15) is 0 Å². The van der Waals surface area contributed by atoms with E-state index < -0.39 is 32.2 Å². The monoisotopic (exact) mass is 315 g/mol. The van der Waals surface area contributed by atoms with Crippen LogP contribution in [0, 0.1) is 0 Å². The summed E-state index contributed by atoms with van der Waals surface area (Å²) in [5, 5.41) is 0. The zero-order chi connectivity index (χ0) is 4.73. The Labute approximate surface area is 47.5 Å². The zero-order valence-electron chi connectivity index (χ0n) is 3.07. The number of halogens is 2. The third-order valence-electron chi connectivity index (χ3n) is 0.561. The van der Waals surface area contributed by atoms with Crippen LogP contribution < -0.4 is 13.6 Å². The second-order valence-corrected chi connectivity index (χ2v) is 21.9. The molecule has 1 fully saturated rings. The van der Waals surface area contributed by atoms with Crippen molar-refractivity contribution in [2.45, 2.75) is 2.06 Å². The molecule has 0 spiro atoms. The van der Waals surface area contributed by atoms with Crippen LogP contribution in [-0.2, 0) is 0 Å². The Bertz CT molecular complexity index is 45.5. The molecule has 0 aliphatic carbocycles. The van der Waals surface area contributed by atoms with E-state index in [1.54, 1.807) is 0 Å². The molecule has 0 saturated carbocycles. The van der Waals surface area contributed by atoms with Crippen LogP contribution in [0.4, 0.5) is 0 Å². The van der Waals surface area contributed by atoms with Crippen molar-refractivity contribution in [1.29, 1.82) is 0 Å². The summed E-state index contributed by atoms with van der Waals surface area (Å²) in [7, 11) is 0. The van der Waals surface area contributed by atoms with Gasteiger partial charge in [-0.05, 0) is 0 Å². The average Bonchev–Trinajstić information content (AvgIpc) is 1.94. The Morgan fingerprint density at radius 3 is 1.33 bits per heavy atom. The standard InChI is InChI=1S/CH7I2N3/c4-1-2(5)3(1)6/h1H,4-6H2. The maximum absolute atomic E-state index is 5.49.